The third-order valence-corrected chi connectivity index (χ3v) is 11.1. The van der Waals surface area contributed by atoms with Gasteiger partial charge in [0.2, 0.25) is 5.91 Å². The third kappa shape index (κ3) is 7.91. The number of amides is 2. The van der Waals surface area contributed by atoms with Gasteiger partial charge in [-0.25, -0.2) is 4.98 Å². The number of aromatic hydroxyl groups is 1. The Labute approximate surface area is 314 Å². The number of nitrogens with one attached hydrogen (secondary N) is 2. The van der Waals surface area contributed by atoms with Crippen molar-refractivity contribution in [1.82, 2.24) is 10.3 Å². The van der Waals surface area contributed by atoms with Crippen LogP contribution in [-0.2, 0) is 21.5 Å². The zero-order valence-corrected chi connectivity index (χ0v) is 32.5. The van der Waals surface area contributed by atoms with Gasteiger partial charge < -0.3 is 30.1 Å². The lowest BCUT2D eigenvalue weighted by molar-refractivity contribution is -0.117. The minimum absolute atomic E-state index is 0.0551. The summed E-state index contributed by atoms with van der Waals surface area (Å²) in [5, 5.41) is 19.0. The van der Waals surface area contributed by atoms with Gasteiger partial charge in [0.25, 0.3) is 5.91 Å². The molecular formula is C36H35Br3N4O5S. The summed E-state index contributed by atoms with van der Waals surface area (Å²) >= 11 is 11.7. The van der Waals surface area contributed by atoms with E-state index in [1.54, 1.807) is 25.4 Å². The third-order valence-electron chi connectivity index (χ3n) is 8.74. The van der Waals surface area contributed by atoms with Crippen LogP contribution in [0.1, 0.15) is 54.9 Å². The van der Waals surface area contributed by atoms with Crippen LogP contribution in [0.4, 0.5) is 10.8 Å². The van der Waals surface area contributed by atoms with E-state index in [-0.39, 0.29) is 24.0 Å². The van der Waals surface area contributed by atoms with E-state index in [1.165, 1.54) is 11.3 Å². The van der Waals surface area contributed by atoms with Crippen molar-refractivity contribution >= 4 is 93.4 Å². The van der Waals surface area contributed by atoms with Crippen molar-refractivity contribution in [3.05, 3.63) is 89.7 Å². The Morgan fingerprint density at radius 1 is 1.12 bits per heavy atom. The molecule has 0 spiro atoms. The van der Waals surface area contributed by atoms with Crippen LogP contribution < -0.4 is 25.0 Å². The zero-order valence-electron chi connectivity index (χ0n) is 26.9. The number of methoxy groups -OCH3 is 1. The van der Waals surface area contributed by atoms with Crippen molar-refractivity contribution in [2.45, 2.75) is 44.6 Å². The van der Waals surface area contributed by atoms with Gasteiger partial charge in [-0.1, -0.05) is 15.9 Å². The number of aromatic nitrogens is 1. The molecule has 49 heavy (non-hydrogen) atoms. The number of phenolic OH excluding ortho intramolecular Hbond substituents is 1. The van der Waals surface area contributed by atoms with Crippen molar-refractivity contribution in [3.8, 4) is 17.2 Å². The highest BCUT2D eigenvalue weighted by atomic mass is 79.9. The van der Waals surface area contributed by atoms with E-state index in [0.717, 1.165) is 64.6 Å². The van der Waals surface area contributed by atoms with Crippen LogP contribution in [0.25, 0.3) is 11.6 Å². The van der Waals surface area contributed by atoms with E-state index >= 15 is 0 Å². The first-order chi connectivity index (χ1) is 23.6. The van der Waals surface area contributed by atoms with E-state index in [1.807, 2.05) is 53.6 Å². The number of fused-ring (bicyclic) bond motifs is 2. The number of unbranched alkanes of at least 4 members (excludes halogenated alkanes) is 2. The van der Waals surface area contributed by atoms with Gasteiger partial charge in [0, 0.05) is 52.2 Å². The van der Waals surface area contributed by atoms with E-state index in [4.69, 9.17) is 9.47 Å². The summed E-state index contributed by atoms with van der Waals surface area (Å²) in [5.41, 5.74) is 4.72. The number of phenols is 1. The van der Waals surface area contributed by atoms with Gasteiger partial charge in [0.1, 0.15) is 5.75 Å². The van der Waals surface area contributed by atoms with E-state index in [0.29, 0.717) is 44.3 Å². The van der Waals surface area contributed by atoms with Gasteiger partial charge in [0.15, 0.2) is 16.6 Å². The number of rotatable bonds is 12. The van der Waals surface area contributed by atoms with Crippen molar-refractivity contribution in [2.75, 3.05) is 37.0 Å². The van der Waals surface area contributed by atoms with Crippen molar-refractivity contribution in [1.29, 1.82) is 0 Å². The Kier molecular flexibility index (Phi) is 11.1. The Morgan fingerprint density at radius 3 is 2.65 bits per heavy atom. The van der Waals surface area contributed by atoms with Crippen LogP contribution in [0.2, 0.25) is 0 Å². The summed E-state index contributed by atoms with van der Waals surface area (Å²) in [6.45, 7) is 3.85. The number of halogens is 3. The standard InChI is InChI=1S/C36H35Br3N4O5S/c1-36(20-32(44)42-35-40-10-13-49-35)26-19-31(30(47-2)17-22(26)8-9-41-36)48-12-5-3-4-11-43-29-7-6-23(37)18-24(29)25(34(43)46)14-21-15-27(38)33(45)28(39)16-21/h6-7,10,13-19,41,45H,3-5,8-9,11-12,20H2,1-2H3,(H,40,42,44). The summed E-state index contributed by atoms with van der Waals surface area (Å²) in [6, 6.07) is 13.5. The maximum absolute atomic E-state index is 13.7. The molecule has 1 unspecified atom stereocenters. The monoisotopic (exact) mass is 872 g/mol. The van der Waals surface area contributed by atoms with E-state index in [2.05, 4.69) is 63.4 Å². The molecule has 0 bridgehead atoms. The second-order valence-corrected chi connectivity index (χ2v) is 15.7. The van der Waals surface area contributed by atoms with Crippen LogP contribution in [0.15, 0.2) is 67.5 Å². The molecule has 1 aromatic heterocycles. The van der Waals surface area contributed by atoms with Crippen molar-refractivity contribution < 1.29 is 24.2 Å². The molecule has 3 heterocycles. The maximum atomic E-state index is 13.7. The number of anilines is 2. The largest absolute Gasteiger partial charge is 0.506 e. The van der Waals surface area contributed by atoms with Gasteiger partial charge in [-0.2, -0.15) is 0 Å². The smallest absolute Gasteiger partial charge is 0.258 e. The Hall–Kier alpha value is -3.23. The predicted molar refractivity (Wildman–Crippen MR) is 205 cm³/mol. The van der Waals surface area contributed by atoms with Gasteiger partial charge >= 0.3 is 0 Å². The van der Waals surface area contributed by atoms with Gasteiger partial charge in [-0.3, -0.25) is 9.59 Å². The lowest BCUT2D eigenvalue weighted by Crippen LogP contribution is -2.47. The number of hydrogen-bond donors (Lipinski definition) is 3. The molecule has 1 atom stereocenters. The predicted octanol–water partition coefficient (Wildman–Crippen LogP) is 8.67. The number of carbonyl (C=O) groups excluding carboxylic acids is 2. The first-order valence-corrected chi connectivity index (χ1v) is 19.1. The first kappa shape index (κ1) is 35.6. The number of benzene rings is 3. The highest BCUT2D eigenvalue weighted by molar-refractivity contribution is 9.11. The van der Waals surface area contributed by atoms with Crippen LogP contribution in [-0.4, -0.2) is 48.7 Å². The fraction of sp³-hybridized carbons (Fsp3) is 0.306. The maximum Gasteiger partial charge on any atom is 0.258 e. The van der Waals surface area contributed by atoms with Crippen molar-refractivity contribution in [3.63, 3.8) is 0 Å². The molecule has 3 aromatic carbocycles. The van der Waals surface area contributed by atoms with Gasteiger partial charge in [0.05, 0.1) is 28.3 Å². The summed E-state index contributed by atoms with van der Waals surface area (Å²) in [5.74, 6) is 1.27. The number of carbonyl (C=O) groups is 2. The molecule has 0 aliphatic carbocycles. The van der Waals surface area contributed by atoms with Crippen molar-refractivity contribution in [2.24, 2.45) is 0 Å². The Bertz CT molecular complexity index is 1900. The minimum atomic E-state index is -0.573. The number of nitrogens with zero attached hydrogens (tertiary/aromatic N) is 2. The minimum Gasteiger partial charge on any atom is -0.506 e. The number of hydrogen-bond acceptors (Lipinski definition) is 8. The average molecular weight is 875 g/mol. The normalized spacial score (nSPS) is 17.6. The Balaban J connectivity index is 1.08. The molecule has 2 aliphatic rings. The van der Waals surface area contributed by atoms with Crippen LogP contribution >= 0.6 is 59.1 Å². The number of ether oxygens (including phenoxy) is 2. The topological polar surface area (TPSA) is 113 Å². The lowest BCUT2D eigenvalue weighted by atomic mass is 9.81. The molecule has 13 heteroatoms. The quantitative estimate of drug-likeness (QED) is 0.0965. The molecule has 0 radical (unpaired) electrons. The summed E-state index contributed by atoms with van der Waals surface area (Å²) in [7, 11) is 1.64. The molecule has 256 valence electrons. The fourth-order valence-corrected chi connectivity index (χ4v) is 8.48. The molecule has 2 aliphatic heterocycles. The molecule has 0 saturated carbocycles. The molecule has 0 fully saturated rings. The Morgan fingerprint density at radius 2 is 1.92 bits per heavy atom. The second kappa shape index (κ2) is 15.3. The molecule has 6 rings (SSSR count). The molecular weight excluding hydrogens is 840 g/mol. The molecule has 9 nitrogen and oxygen atoms in total. The molecule has 0 saturated heterocycles. The first-order valence-electron chi connectivity index (χ1n) is 15.9. The number of thiazole rings is 1. The molecule has 2 amide bonds. The summed E-state index contributed by atoms with van der Waals surface area (Å²) in [6.07, 6.45) is 7.05. The second-order valence-electron chi connectivity index (χ2n) is 12.1. The zero-order chi connectivity index (χ0) is 34.7. The van der Waals surface area contributed by atoms with E-state index in [9.17, 15) is 14.7 Å². The highest BCUT2D eigenvalue weighted by Crippen LogP contribution is 2.42. The van der Waals surface area contributed by atoms with Crippen LogP contribution in [0, 0.1) is 0 Å². The van der Waals surface area contributed by atoms with Crippen LogP contribution in [0.5, 0.6) is 17.2 Å². The fourth-order valence-electron chi connectivity index (χ4n) is 6.35. The van der Waals surface area contributed by atoms with E-state index < -0.39 is 5.54 Å². The summed E-state index contributed by atoms with van der Waals surface area (Å²) < 4.78 is 13.9. The van der Waals surface area contributed by atoms with Crippen LogP contribution in [0.3, 0.4) is 0 Å². The molecule has 4 aromatic rings. The summed E-state index contributed by atoms with van der Waals surface area (Å²) in [4.78, 5) is 32.6. The SMILES string of the molecule is COc1cc2c(cc1OCCCCCN1C(=O)C(=Cc3cc(Br)c(O)c(Br)c3)c3cc(Br)ccc31)C(C)(CC(=O)Nc1nccs1)NCC2. The average Bonchev–Trinajstić information content (AvgIpc) is 3.66. The van der Waals surface area contributed by atoms with Gasteiger partial charge in [-0.05, 0) is 130 Å². The lowest BCUT2D eigenvalue weighted by Gasteiger charge is -2.37. The molecule has 3 N–H and O–H groups in total. The van der Waals surface area contributed by atoms with Gasteiger partial charge in [-0.15, -0.1) is 11.3 Å². The highest BCUT2D eigenvalue weighted by Gasteiger charge is 2.36.